The summed E-state index contributed by atoms with van der Waals surface area (Å²) in [5.74, 6) is 2.93. The van der Waals surface area contributed by atoms with Crippen molar-refractivity contribution < 1.29 is 19.0 Å². The van der Waals surface area contributed by atoms with E-state index < -0.39 is 6.03 Å². The van der Waals surface area contributed by atoms with E-state index in [1.807, 2.05) is 67.6 Å². The van der Waals surface area contributed by atoms with Crippen LogP contribution in [0.4, 0.5) is 16.3 Å². The number of rotatable bonds is 6. The van der Waals surface area contributed by atoms with Crippen LogP contribution >= 0.6 is 0 Å². The van der Waals surface area contributed by atoms with Gasteiger partial charge < -0.3 is 19.5 Å². The van der Waals surface area contributed by atoms with Crippen LogP contribution < -0.4 is 24.8 Å². The molecule has 3 aromatic carbocycles. The fourth-order valence-corrected chi connectivity index (χ4v) is 4.78. The number of fused-ring (bicyclic) bond motifs is 2. The summed E-state index contributed by atoms with van der Waals surface area (Å²) in [6.07, 6.45) is 5.56. The molecule has 10 heteroatoms. The lowest BCUT2D eigenvalue weighted by Crippen LogP contribution is -2.22. The number of ether oxygens (including phenoxy) is 3. The van der Waals surface area contributed by atoms with E-state index in [2.05, 4.69) is 41.6 Å². The summed E-state index contributed by atoms with van der Waals surface area (Å²) in [5.41, 5.74) is 4.46. The molecular formula is C32H32N6O4. The number of carbonyl (C=O) groups is 1. The summed E-state index contributed by atoms with van der Waals surface area (Å²) in [6.45, 7) is 8.59. The average Bonchev–Trinajstić information content (AvgIpc) is 3.62. The number of benzene rings is 3. The van der Waals surface area contributed by atoms with E-state index in [1.54, 1.807) is 24.1 Å². The predicted molar refractivity (Wildman–Crippen MR) is 163 cm³/mol. The molecule has 214 valence electrons. The van der Waals surface area contributed by atoms with Gasteiger partial charge in [0.05, 0.1) is 41.2 Å². The topological polar surface area (TPSA) is 115 Å². The van der Waals surface area contributed by atoms with Gasteiger partial charge in [0.15, 0.2) is 5.75 Å². The van der Waals surface area contributed by atoms with Crippen LogP contribution in [-0.2, 0) is 5.41 Å². The number of hydrogen-bond donors (Lipinski definition) is 3. The van der Waals surface area contributed by atoms with E-state index in [4.69, 9.17) is 19.3 Å². The Bertz CT molecular complexity index is 1830. The van der Waals surface area contributed by atoms with Gasteiger partial charge in [-0.2, -0.15) is 10.2 Å². The van der Waals surface area contributed by atoms with Crippen molar-refractivity contribution in [2.24, 2.45) is 0 Å². The lowest BCUT2D eigenvalue weighted by atomic mass is 9.92. The SMILES string of the molecule is COc1cc(C)ccc1-n1nc(C(C)(C)C)cc1NC(=O)Nc1ccc(Oc2cccc3[nH]ncc23)c2c1OCC=C2. The van der Waals surface area contributed by atoms with Crippen LogP contribution in [-0.4, -0.2) is 39.7 Å². The number of aromatic nitrogens is 4. The van der Waals surface area contributed by atoms with Crippen molar-refractivity contribution in [3.63, 3.8) is 0 Å². The molecule has 3 N–H and O–H groups in total. The second kappa shape index (κ2) is 10.6. The molecule has 0 spiro atoms. The summed E-state index contributed by atoms with van der Waals surface area (Å²) in [4.78, 5) is 13.4. The first kappa shape index (κ1) is 26.9. The van der Waals surface area contributed by atoms with E-state index >= 15 is 0 Å². The Labute approximate surface area is 243 Å². The first-order chi connectivity index (χ1) is 20.2. The first-order valence-corrected chi connectivity index (χ1v) is 13.6. The van der Waals surface area contributed by atoms with Gasteiger partial charge in [-0.25, -0.2) is 9.48 Å². The summed E-state index contributed by atoms with van der Waals surface area (Å²) in [7, 11) is 1.62. The highest BCUT2D eigenvalue weighted by atomic mass is 16.5. The van der Waals surface area contributed by atoms with Crippen molar-refractivity contribution in [1.82, 2.24) is 20.0 Å². The number of aromatic amines is 1. The van der Waals surface area contributed by atoms with Crippen LogP contribution in [0.1, 0.15) is 37.6 Å². The van der Waals surface area contributed by atoms with Crippen molar-refractivity contribution >= 4 is 34.5 Å². The van der Waals surface area contributed by atoms with Crippen molar-refractivity contribution in [3.8, 4) is 28.7 Å². The summed E-state index contributed by atoms with van der Waals surface area (Å²) < 4.78 is 19.6. The molecule has 1 aliphatic heterocycles. The van der Waals surface area contributed by atoms with Gasteiger partial charge in [-0.05, 0) is 61.0 Å². The van der Waals surface area contributed by atoms with E-state index in [9.17, 15) is 4.79 Å². The van der Waals surface area contributed by atoms with Crippen LogP contribution in [0, 0.1) is 6.92 Å². The third-order valence-electron chi connectivity index (χ3n) is 6.96. The molecule has 0 fully saturated rings. The largest absolute Gasteiger partial charge is 0.494 e. The maximum Gasteiger partial charge on any atom is 0.324 e. The minimum Gasteiger partial charge on any atom is -0.494 e. The standard InChI is InChI=1S/C32H32N6O4/c1-19-11-13-24(27(16-19)40-5)38-29(17-28(37-38)32(2,3)4)35-31(39)34-23-12-14-26(20-8-7-15-41-30(20)23)42-25-10-6-9-22-21(25)18-33-36-22/h6-14,16-18H,15H2,1-5H3,(H,33,36)(H2,34,35,39). The fourth-order valence-electron chi connectivity index (χ4n) is 4.78. The van der Waals surface area contributed by atoms with Crippen molar-refractivity contribution in [1.29, 1.82) is 0 Å². The molecule has 1 aliphatic rings. The number of hydrogen-bond acceptors (Lipinski definition) is 6. The van der Waals surface area contributed by atoms with Crippen molar-refractivity contribution in [2.75, 3.05) is 24.4 Å². The third-order valence-corrected chi connectivity index (χ3v) is 6.96. The lowest BCUT2D eigenvalue weighted by molar-refractivity contribution is 0.261. The minimum atomic E-state index is -0.445. The quantitative estimate of drug-likeness (QED) is 0.201. The maximum absolute atomic E-state index is 13.4. The molecule has 2 amide bonds. The number of anilines is 2. The third kappa shape index (κ3) is 5.14. The number of H-pyrrole nitrogens is 1. The molecule has 0 unspecified atom stereocenters. The number of methoxy groups -OCH3 is 1. The zero-order valence-electron chi connectivity index (χ0n) is 24.1. The molecule has 0 saturated carbocycles. The van der Waals surface area contributed by atoms with Gasteiger partial charge in [0.1, 0.15) is 35.4 Å². The Morgan fingerprint density at radius 3 is 2.71 bits per heavy atom. The fraction of sp³-hybridized carbons (Fsp3) is 0.219. The molecule has 0 radical (unpaired) electrons. The Kier molecular flexibility index (Phi) is 6.82. The van der Waals surface area contributed by atoms with Crippen LogP contribution in [0.5, 0.6) is 23.0 Å². The molecule has 5 aromatic rings. The highest BCUT2D eigenvalue weighted by Gasteiger charge is 2.24. The lowest BCUT2D eigenvalue weighted by Gasteiger charge is -2.20. The molecule has 0 atom stereocenters. The summed E-state index contributed by atoms with van der Waals surface area (Å²) in [5, 5.41) is 18.7. The van der Waals surface area contributed by atoms with Gasteiger partial charge in [0, 0.05) is 11.5 Å². The Morgan fingerprint density at radius 2 is 1.90 bits per heavy atom. The second-order valence-corrected chi connectivity index (χ2v) is 11.1. The number of urea groups is 1. The Morgan fingerprint density at radius 1 is 1.05 bits per heavy atom. The van der Waals surface area contributed by atoms with Gasteiger partial charge in [-0.15, -0.1) is 0 Å². The van der Waals surface area contributed by atoms with Crippen molar-refractivity contribution in [3.05, 3.63) is 83.7 Å². The van der Waals surface area contributed by atoms with Gasteiger partial charge >= 0.3 is 6.03 Å². The Hall–Kier alpha value is -5.25. The number of nitrogens with one attached hydrogen (secondary N) is 3. The summed E-state index contributed by atoms with van der Waals surface area (Å²) in [6, 6.07) is 16.6. The van der Waals surface area contributed by atoms with Crippen molar-refractivity contribution in [2.45, 2.75) is 33.1 Å². The average molecular weight is 565 g/mol. The summed E-state index contributed by atoms with van der Waals surface area (Å²) >= 11 is 0. The van der Waals surface area contributed by atoms with Crippen LogP contribution in [0.3, 0.4) is 0 Å². The number of carbonyl (C=O) groups excluding carboxylic acids is 1. The van der Waals surface area contributed by atoms with Crippen LogP contribution in [0.25, 0.3) is 22.7 Å². The normalized spacial score (nSPS) is 12.5. The van der Waals surface area contributed by atoms with E-state index in [0.29, 0.717) is 46.8 Å². The monoisotopic (exact) mass is 564 g/mol. The van der Waals surface area contributed by atoms with E-state index in [-0.39, 0.29) is 5.41 Å². The number of amides is 2. The second-order valence-electron chi connectivity index (χ2n) is 11.1. The number of nitrogens with zero attached hydrogens (tertiary/aromatic N) is 3. The highest BCUT2D eigenvalue weighted by Crippen LogP contribution is 2.42. The molecule has 0 saturated heterocycles. The first-order valence-electron chi connectivity index (χ1n) is 13.6. The van der Waals surface area contributed by atoms with Crippen LogP contribution in [0.15, 0.2) is 66.9 Å². The minimum absolute atomic E-state index is 0.244. The van der Waals surface area contributed by atoms with Crippen LogP contribution in [0.2, 0.25) is 0 Å². The molecular weight excluding hydrogens is 532 g/mol. The van der Waals surface area contributed by atoms with Gasteiger partial charge in [0.25, 0.3) is 0 Å². The zero-order chi connectivity index (χ0) is 29.4. The van der Waals surface area contributed by atoms with E-state index in [1.165, 1.54) is 0 Å². The molecule has 3 heterocycles. The van der Waals surface area contributed by atoms with Gasteiger partial charge in [0.2, 0.25) is 0 Å². The maximum atomic E-state index is 13.4. The molecule has 10 nitrogen and oxygen atoms in total. The van der Waals surface area contributed by atoms with Gasteiger partial charge in [-0.3, -0.25) is 10.4 Å². The van der Waals surface area contributed by atoms with Gasteiger partial charge in [-0.1, -0.05) is 32.9 Å². The predicted octanol–water partition coefficient (Wildman–Crippen LogP) is 7.21. The number of aryl methyl sites for hydroxylation is 1. The molecule has 6 rings (SSSR count). The smallest absolute Gasteiger partial charge is 0.324 e. The Balaban J connectivity index is 1.30. The highest BCUT2D eigenvalue weighted by molar-refractivity contribution is 6.01. The van der Waals surface area contributed by atoms with E-state index in [0.717, 1.165) is 27.7 Å². The molecule has 42 heavy (non-hydrogen) atoms. The molecule has 0 aliphatic carbocycles. The zero-order valence-corrected chi connectivity index (χ0v) is 24.1. The molecule has 0 bridgehead atoms. The molecule has 2 aromatic heterocycles.